The van der Waals surface area contributed by atoms with Gasteiger partial charge in [-0.2, -0.15) is 0 Å². The standard InChI is InChI=1S/C36H23NS2/c1-2-10-25(11-3-1)37(32-17-9-16-31-29-13-5-7-19-34(29)39-36(31)32)26-22-20-24(21-23-26)27-14-8-15-30-28-12-4-6-18-33(28)38-35(27)30/h1-23H. The van der Waals surface area contributed by atoms with Gasteiger partial charge in [0.25, 0.3) is 0 Å². The lowest BCUT2D eigenvalue weighted by atomic mass is 10.0. The van der Waals surface area contributed by atoms with Crippen LogP contribution in [0.5, 0.6) is 0 Å². The van der Waals surface area contributed by atoms with Crippen LogP contribution in [0.25, 0.3) is 51.5 Å². The highest BCUT2D eigenvalue weighted by Crippen LogP contribution is 2.45. The Morgan fingerprint density at radius 2 is 0.923 bits per heavy atom. The Bertz CT molecular complexity index is 2120. The molecule has 0 bridgehead atoms. The summed E-state index contributed by atoms with van der Waals surface area (Å²) in [6.45, 7) is 0. The van der Waals surface area contributed by atoms with Gasteiger partial charge in [0.15, 0.2) is 0 Å². The minimum Gasteiger partial charge on any atom is -0.309 e. The third-order valence-corrected chi connectivity index (χ3v) is 9.91. The maximum atomic E-state index is 2.39. The Kier molecular flexibility index (Phi) is 5.25. The van der Waals surface area contributed by atoms with Crippen LogP contribution in [0.3, 0.4) is 0 Å². The monoisotopic (exact) mass is 533 g/mol. The molecular weight excluding hydrogens is 511 g/mol. The van der Waals surface area contributed by atoms with Gasteiger partial charge in [0.1, 0.15) is 0 Å². The van der Waals surface area contributed by atoms with Gasteiger partial charge in [0, 0.05) is 47.0 Å². The van der Waals surface area contributed by atoms with Gasteiger partial charge in [-0.05, 0) is 53.6 Å². The fourth-order valence-corrected chi connectivity index (χ4v) is 8.12. The van der Waals surface area contributed by atoms with Crippen LogP contribution in [0.15, 0.2) is 140 Å². The number of anilines is 3. The van der Waals surface area contributed by atoms with Crippen LogP contribution in [0, 0.1) is 0 Å². The van der Waals surface area contributed by atoms with E-state index in [-0.39, 0.29) is 0 Å². The van der Waals surface area contributed by atoms with Crippen molar-refractivity contribution in [2.24, 2.45) is 0 Å². The molecule has 1 nitrogen and oxygen atoms in total. The molecule has 0 radical (unpaired) electrons. The van der Waals surface area contributed by atoms with Gasteiger partial charge in [-0.1, -0.05) is 97.1 Å². The fraction of sp³-hybridized carbons (Fsp3) is 0. The summed E-state index contributed by atoms with van der Waals surface area (Å²) >= 11 is 3.75. The van der Waals surface area contributed by atoms with Crippen molar-refractivity contribution in [3.05, 3.63) is 140 Å². The predicted octanol–water partition coefficient (Wildman–Crippen LogP) is 11.6. The van der Waals surface area contributed by atoms with Crippen LogP contribution in [0.4, 0.5) is 17.1 Å². The summed E-state index contributed by atoms with van der Waals surface area (Å²) in [4.78, 5) is 2.39. The predicted molar refractivity (Wildman–Crippen MR) is 172 cm³/mol. The molecule has 0 saturated heterocycles. The highest BCUT2D eigenvalue weighted by atomic mass is 32.1. The van der Waals surface area contributed by atoms with E-state index < -0.39 is 0 Å². The fourth-order valence-electron chi connectivity index (χ4n) is 5.68. The normalized spacial score (nSPS) is 11.6. The van der Waals surface area contributed by atoms with E-state index in [2.05, 4.69) is 144 Å². The lowest BCUT2D eigenvalue weighted by molar-refractivity contribution is 1.30. The number of fused-ring (bicyclic) bond motifs is 6. The zero-order valence-corrected chi connectivity index (χ0v) is 22.7. The highest BCUT2D eigenvalue weighted by Gasteiger charge is 2.18. The van der Waals surface area contributed by atoms with Gasteiger partial charge < -0.3 is 4.90 Å². The van der Waals surface area contributed by atoms with Crippen LogP contribution in [-0.2, 0) is 0 Å². The summed E-state index contributed by atoms with van der Waals surface area (Å²) in [5.41, 5.74) is 6.04. The summed E-state index contributed by atoms with van der Waals surface area (Å²) in [5.74, 6) is 0. The molecule has 3 heteroatoms. The molecule has 0 aliphatic heterocycles. The van der Waals surface area contributed by atoms with E-state index in [1.807, 2.05) is 22.7 Å². The Morgan fingerprint density at radius 1 is 0.385 bits per heavy atom. The number of benzene rings is 6. The summed E-state index contributed by atoms with van der Waals surface area (Å²) < 4.78 is 5.31. The zero-order valence-electron chi connectivity index (χ0n) is 21.0. The second kappa shape index (κ2) is 9.09. The molecule has 0 saturated carbocycles. The Labute approximate surface area is 234 Å². The van der Waals surface area contributed by atoms with Crippen molar-refractivity contribution in [1.29, 1.82) is 0 Å². The minimum atomic E-state index is 1.15. The Morgan fingerprint density at radius 3 is 1.64 bits per heavy atom. The molecule has 0 N–H and O–H groups in total. The van der Waals surface area contributed by atoms with E-state index in [0.29, 0.717) is 0 Å². The van der Waals surface area contributed by atoms with Crippen LogP contribution < -0.4 is 4.90 Å². The molecular formula is C36H23NS2. The van der Waals surface area contributed by atoms with Crippen LogP contribution in [-0.4, -0.2) is 0 Å². The SMILES string of the molecule is c1ccc(N(c2ccc(-c3cccc4c3sc3ccccc34)cc2)c2cccc3c2sc2ccccc23)cc1. The first kappa shape index (κ1) is 22.5. The highest BCUT2D eigenvalue weighted by molar-refractivity contribution is 7.26. The first-order valence-electron chi connectivity index (χ1n) is 13.1. The van der Waals surface area contributed by atoms with Crippen LogP contribution >= 0.6 is 22.7 Å². The summed E-state index contributed by atoms with van der Waals surface area (Å²) in [6.07, 6.45) is 0. The molecule has 0 fully saturated rings. The largest absolute Gasteiger partial charge is 0.309 e. The van der Waals surface area contributed by atoms with E-state index in [4.69, 9.17) is 0 Å². The van der Waals surface area contributed by atoms with Crippen molar-refractivity contribution >= 4 is 80.1 Å². The molecule has 2 heterocycles. The minimum absolute atomic E-state index is 1.15. The van der Waals surface area contributed by atoms with Crippen molar-refractivity contribution in [1.82, 2.24) is 0 Å². The molecule has 2 aromatic heterocycles. The maximum Gasteiger partial charge on any atom is 0.0640 e. The Balaban J connectivity index is 1.29. The second-order valence-corrected chi connectivity index (χ2v) is 11.9. The van der Waals surface area contributed by atoms with E-state index in [0.717, 1.165) is 11.4 Å². The smallest absolute Gasteiger partial charge is 0.0640 e. The average Bonchev–Trinajstić information content (AvgIpc) is 3.57. The van der Waals surface area contributed by atoms with E-state index in [1.54, 1.807) is 0 Å². The first-order valence-corrected chi connectivity index (χ1v) is 14.7. The third-order valence-electron chi connectivity index (χ3n) is 7.48. The lowest BCUT2D eigenvalue weighted by Gasteiger charge is -2.26. The number of thiophene rings is 2. The van der Waals surface area contributed by atoms with Crippen LogP contribution in [0.2, 0.25) is 0 Å². The van der Waals surface area contributed by atoms with Gasteiger partial charge in [0.05, 0.1) is 10.4 Å². The molecule has 184 valence electrons. The summed E-state index contributed by atoms with van der Waals surface area (Å²) in [6, 6.07) is 50.5. The number of para-hydroxylation sites is 1. The van der Waals surface area contributed by atoms with E-state index in [1.165, 1.54) is 57.2 Å². The average molecular weight is 534 g/mol. The first-order chi connectivity index (χ1) is 19.3. The van der Waals surface area contributed by atoms with E-state index >= 15 is 0 Å². The van der Waals surface area contributed by atoms with Gasteiger partial charge in [0.2, 0.25) is 0 Å². The van der Waals surface area contributed by atoms with Gasteiger partial charge >= 0.3 is 0 Å². The molecule has 8 rings (SSSR count). The lowest BCUT2D eigenvalue weighted by Crippen LogP contribution is -2.09. The molecule has 39 heavy (non-hydrogen) atoms. The van der Waals surface area contributed by atoms with E-state index in [9.17, 15) is 0 Å². The third kappa shape index (κ3) is 3.66. The van der Waals surface area contributed by atoms with Crippen molar-refractivity contribution < 1.29 is 0 Å². The van der Waals surface area contributed by atoms with Crippen molar-refractivity contribution in [3.63, 3.8) is 0 Å². The Hall–Kier alpha value is -4.44. The number of hydrogen-bond acceptors (Lipinski definition) is 3. The molecule has 0 aliphatic rings. The van der Waals surface area contributed by atoms with Gasteiger partial charge in [-0.15, -0.1) is 22.7 Å². The second-order valence-electron chi connectivity index (χ2n) is 9.75. The van der Waals surface area contributed by atoms with Gasteiger partial charge in [-0.25, -0.2) is 0 Å². The maximum absolute atomic E-state index is 2.39. The summed E-state index contributed by atoms with van der Waals surface area (Å²) in [5, 5.41) is 5.29. The topological polar surface area (TPSA) is 3.24 Å². The molecule has 0 aliphatic carbocycles. The van der Waals surface area contributed by atoms with Gasteiger partial charge in [-0.3, -0.25) is 0 Å². The molecule has 0 spiro atoms. The summed E-state index contributed by atoms with van der Waals surface area (Å²) in [7, 11) is 0. The van der Waals surface area contributed by atoms with Crippen molar-refractivity contribution in [2.75, 3.05) is 4.90 Å². The molecule has 0 unspecified atom stereocenters. The quantitative estimate of drug-likeness (QED) is 0.217. The number of nitrogens with zero attached hydrogens (tertiary/aromatic N) is 1. The zero-order chi connectivity index (χ0) is 25.8. The van der Waals surface area contributed by atoms with Crippen LogP contribution in [0.1, 0.15) is 0 Å². The number of rotatable bonds is 4. The molecule has 0 atom stereocenters. The molecule has 6 aromatic carbocycles. The number of hydrogen-bond donors (Lipinski definition) is 0. The molecule has 8 aromatic rings. The molecule has 0 amide bonds. The van der Waals surface area contributed by atoms with Crippen molar-refractivity contribution in [3.8, 4) is 11.1 Å². The van der Waals surface area contributed by atoms with Crippen molar-refractivity contribution in [2.45, 2.75) is 0 Å².